The second kappa shape index (κ2) is 6.70. The van der Waals surface area contributed by atoms with E-state index in [1.54, 1.807) is 23.9 Å². The van der Waals surface area contributed by atoms with E-state index in [1.807, 2.05) is 13.8 Å². The van der Waals surface area contributed by atoms with Gasteiger partial charge in [0.1, 0.15) is 11.6 Å². The molecule has 0 fully saturated rings. The summed E-state index contributed by atoms with van der Waals surface area (Å²) >= 11 is 0. The first kappa shape index (κ1) is 15.7. The predicted octanol–water partition coefficient (Wildman–Crippen LogP) is 1.62. The molecule has 0 aliphatic heterocycles. The maximum Gasteiger partial charge on any atom is 0.240 e. The van der Waals surface area contributed by atoms with E-state index in [4.69, 9.17) is 0 Å². The van der Waals surface area contributed by atoms with Gasteiger partial charge >= 0.3 is 0 Å². The first-order chi connectivity index (χ1) is 8.89. The van der Waals surface area contributed by atoms with Gasteiger partial charge in [-0.15, -0.1) is 0 Å². The molecule has 0 spiro atoms. The lowest BCUT2D eigenvalue weighted by Gasteiger charge is -2.14. The van der Waals surface area contributed by atoms with Crippen molar-refractivity contribution in [1.29, 1.82) is 0 Å². The number of anilines is 1. The fourth-order valence-electron chi connectivity index (χ4n) is 1.70. The minimum absolute atomic E-state index is 0.0328. The SMILES string of the molecule is CCCS(=O)(=O)CC(=O)Nc1ccnn1C(C)CC. The Labute approximate surface area is 114 Å². The van der Waals surface area contributed by atoms with Crippen LogP contribution < -0.4 is 5.32 Å². The van der Waals surface area contributed by atoms with E-state index in [0.717, 1.165) is 6.42 Å². The zero-order valence-electron chi connectivity index (χ0n) is 11.6. The van der Waals surface area contributed by atoms with Gasteiger partial charge in [-0.2, -0.15) is 5.10 Å². The summed E-state index contributed by atoms with van der Waals surface area (Å²) in [5, 5.41) is 6.73. The summed E-state index contributed by atoms with van der Waals surface area (Å²) < 4.78 is 24.8. The summed E-state index contributed by atoms with van der Waals surface area (Å²) in [6.45, 7) is 5.77. The molecular weight excluding hydrogens is 266 g/mol. The molecule has 1 aromatic rings. The number of carbonyl (C=O) groups is 1. The monoisotopic (exact) mass is 287 g/mol. The van der Waals surface area contributed by atoms with Crippen LogP contribution in [-0.2, 0) is 14.6 Å². The molecule has 0 saturated carbocycles. The van der Waals surface area contributed by atoms with E-state index >= 15 is 0 Å². The summed E-state index contributed by atoms with van der Waals surface area (Å²) in [5.74, 6) is -0.429. The minimum Gasteiger partial charge on any atom is -0.310 e. The summed E-state index contributed by atoms with van der Waals surface area (Å²) in [6.07, 6.45) is 2.97. The van der Waals surface area contributed by atoms with Gasteiger partial charge in [-0.1, -0.05) is 13.8 Å². The van der Waals surface area contributed by atoms with Crippen LogP contribution >= 0.6 is 0 Å². The predicted molar refractivity (Wildman–Crippen MR) is 74.8 cm³/mol. The summed E-state index contributed by atoms with van der Waals surface area (Å²) in [4.78, 5) is 11.7. The number of hydrogen-bond donors (Lipinski definition) is 1. The van der Waals surface area contributed by atoms with Gasteiger partial charge in [-0.25, -0.2) is 13.1 Å². The lowest BCUT2D eigenvalue weighted by molar-refractivity contribution is -0.113. The molecule has 1 atom stereocenters. The topological polar surface area (TPSA) is 81.1 Å². The molecule has 1 aromatic heterocycles. The molecule has 0 aliphatic rings. The van der Waals surface area contributed by atoms with E-state index in [2.05, 4.69) is 10.4 Å². The van der Waals surface area contributed by atoms with Crippen molar-refractivity contribution in [1.82, 2.24) is 9.78 Å². The number of nitrogens with zero attached hydrogens (tertiary/aromatic N) is 2. The van der Waals surface area contributed by atoms with Gasteiger partial charge in [0.25, 0.3) is 0 Å². The third-order valence-electron chi connectivity index (χ3n) is 2.81. The number of aromatic nitrogens is 2. The minimum atomic E-state index is -3.31. The average Bonchev–Trinajstić information content (AvgIpc) is 2.74. The highest BCUT2D eigenvalue weighted by molar-refractivity contribution is 7.92. The molecule has 108 valence electrons. The Bertz CT molecular complexity index is 522. The van der Waals surface area contributed by atoms with Crippen LogP contribution in [0.25, 0.3) is 0 Å². The Kier molecular flexibility index (Phi) is 5.53. The lowest BCUT2D eigenvalue weighted by atomic mass is 10.3. The van der Waals surface area contributed by atoms with E-state index in [-0.39, 0.29) is 11.8 Å². The molecule has 6 nitrogen and oxygen atoms in total. The number of sulfone groups is 1. The fourth-order valence-corrected chi connectivity index (χ4v) is 2.94. The maximum absolute atomic E-state index is 11.7. The standard InChI is InChI=1S/C12H21N3O3S/c1-4-8-19(17,18)9-12(16)14-11-6-7-13-15(11)10(3)5-2/h6-7,10H,4-5,8-9H2,1-3H3,(H,14,16). The molecule has 7 heteroatoms. The zero-order valence-corrected chi connectivity index (χ0v) is 12.4. The van der Waals surface area contributed by atoms with Crippen molar-refractivity contribution < 1.29 is 13.2 Å². The van der Waals surface area contributed by atoms with Crippen LogP contribution in [0.3, 0.4) is 0 Å². The summed E-state index contributed by atoms with van der Waals surface area (Å²) in [6, 6.07) is 1.81. The average molecular weight is 287 g/mol. The molecular formula is C12H21N3O3S. The van der Waals surface area contributed by atoms with Crippen molar-refractivity contribution in [2.75, 3.05) is 16.8 Å². The first-order valence-electron chi connectivity index (χ1n) is 6.43. The van der Waals surface area contributed by atoms with Gasteiger partial charge in [0.15, 0.2) is 9.84 Å². The number of hydrogen-bond acceptors (Lipinski definition) is 4. The van der Waals surface area contributed by atoms with E-state index in [9.17, 15) is 13.2 Å². The third-order valence-corrected chi connectivity index (χ3v) is 4.54. The van der Waals surface area contributed by atoms with Crippen molar-refractivity contribution in [3.05, 3.63) is 12.3 Å². The normalized spacial score (nSPS) is 13.2. The van der Waals surface area contributed by atoms with Crippen LogP contribution in [0.2, 0.25) is 0 Å². The summed E-state index contributed by atoms with van der Waals surface area (Å²) in [5.41, 5.74) is 0. The Hall–Kier alpha value is -1.37. The van der Waals surface area contributed by atoms with Gasteiger partial charge in [-0.05, 0) is 19.8 Å². The van der Waals surface area contributed by atoms with Crippen molar-refractivity contribution in [2.45, 2.75) is 39.7 Å². The van der Waals surface area contributed by atoms with E-state index in [0.29, 0.717) is 12.2 Å². The van der Waals surface area contributed by atoms with Crippen molar-refractivity contribution in [3.63, 3.8) is 0 Å². The van der Waals surface area contributed by atoms with Crippen LogP contribution in [0.4, 0.5) is 5.82 Å². The number of carbonyl (C=O) groups excluding carboxylic acids is 1. The molecule has 1 rings (SSSR count). The van der Waals surface area contributed by atoms with E-state index < -0.39 is 21.5 Å². The van der Waals surface area contributed by atoms with Gasteiger partial charge < -0.3 is 5.32 Å². The molecule has 0 aliphatic carbocycles. The highest BCUT2D eigenvalue weighted by Crippen LogP contribution is 2.16. The lowest BCUT2D eigenvalue weighted by Crippen LogP contribution is -2.26. The highest BCUT2D eigenvalue weighted by atomic mass is 32.2. The van der Waals surface area contributed by atoms with Gasteiger partial charge in [0.05, 0.1) is 18.0 Å². The van der Waals surface area contributed by atoms with Crippen LogP contribution in [-0.4, -0.2) is 35.6 Å². The molecule has 1 amide bonds. The Morgan fingerprint density at radius 3 is 2.74 bits per heavy atom. The highest BCUT2D eigenvalue weighted by Gasteiger charge is 2.17. The largest absolute Gasteiger partial charge is 0.310 e. The molecule has 0 aromatic carbocycles. The quantitative estimate of drug-likeness (QED) is 0.826. The molecule has 0 bridgehead atoms. The van der Waals surface area contributed by atoms with Gasteiger partial charge in [-0.3, -0.25) is 4.79 Å². The number of rotatable bonds is 7. The smallest absolute Gasteiger partial charge is 0.240 e. The van der Waals surface area contributed by atoms with Gasteiger partial charge in [0.2, 0.25) is 5.91 Å². The van der Waals surface area contributed by atoms with Crippen molar-refractivity contribution in [2.24, 2.45) is 0 Å². The maximum atomic E-state index is 11.7. The number of amides is 1. The molecule has 0 radical (unpaired) electrons. The molecule has 1 heterocycles. The van der Waals surface area contributed by atoms with Gasteiger partial charge in [0, 0.05) is 6.07 Å². The molecule has 0 saturated heterocycles. The molecule has 1 unspecified atom stereocenters. The first-order valence-corrected chi connectivity index (χ1v) is 8.25. The number of nitrogens with one attached hydrogen (secondary N) is 1. The van der Waals surface area contributed by atoms with Crippen LogP contribution in [0.15, 0.2) is 12.3 Å². The Balaban J connectivity index is 2.70. The fraction of sp³-hybridized carbons (Fsp3) is 0.667. The molecule has 19 heavy (non-hydrogen) atoms. The van der Waals surface area contributed by atoms with Crippen molar-refractivity contribution in [3.8, 4) is 0 Å². The van der Waals surface area contributed by atoms with Crippen LogP contribution in [0, 0.1) is 0 Å². The summed E-state index contributed by atoms with van der Waals surface area (Å²) in [7, 11) is -3.31. The van der Waals surface area contributed by atoms with Crippen LogP contribution in [0.1, 0.15) is 39.7 Å². The van der Waals surface area contributed by atoms with E-state index in [1.165, 1.54) is 0 Å². The van der Waals surface area contributed by atoms with Crippen molar-refractivity contribution >= 4 is 21.6 Å². The third kappa shape index (κ3) is 4.66. The second-order valence-electron chi connectivity index (χ2n) is 4.56. The molecule has 1 N–H and O–H groups in total. The Morgan fingerprint density at radius 2 is 2.16 bits per heavy atom. The Morgan fingerprint density at radius 1 is 1.47 bits per heavy atom. The van der Waals surface area contributed by atoms with Crippen LogP contribution in [0.5, 0.6) is 0 Å². The zero-order chi connectivity index (χ0) is 14.5. The second-order valence-corrected chi connectivity index (χ2v) is 6.74.